The first-order chi connectivity index (χ1) is 19.5. The topological polar surface area (TPSA) is 109 Å². The number of nitrogens with zero attached hydrogens (tertiary/aromatic N) is 3. The van der Waals surface area contributed by atoms with E-state index in [0.717, 1.165) is 41.8 Å². The number of aliphatic imine (C=N–C) groups is 1. The third kappa shape index (κ3) is 10.2. The van der Waals surface area contributed by atoms with Crippen molar-refractivity contribution in [3.8, 4) is 5.75 Å². The molecule has 1 fully saturated rings. The molecule has 1 atom stereocenters. The first-order valence-electron chi connectivity index (χ1n) is 14.0. The van der Waals surface area contributed by atoms with Crippen LogP contribution in [0.15, 0.2) is 58.4 Å². The number of piperidine rings is 1. The molecule has 3 N–H and O–H groups in total. The van der Waals surface area contributed by atoms with Gasteiger partial charge < -0.3 is 30.3 Å². The summed E-state index contributed by atoms with van der Waals surface area (Å²) in [5.41, 5.74) is 9.73. The van der Waals surface area contributed by atoms with E-state index in [1.807, 2.05) is 50.6 Å². The number of amides is 2. The van der Waals surface area contributed by atoms with Crippen LogP contribution in [0.4, 0.5) is 0 Å². The van der Waals surface area contributed by atoms with Crippen molar-refractivity contribution < 1.29 is 19.1 Å². The Labute approximate surface area is 250 Å². The van der Waals surface area contributed by atoms with E-state index in [0.29, 0.717) is 54.9 Å². The highest BCUT2D eigenvalue weighted by Crippen LogP contribution is 2.28. The number of benzene rings is 1. The van der Waals surface area contributed by atoms with E-state index in [9.17, 15) is 9.59 Å². The summed E-state index contributed by atoms with van der Waals surface area (Å²) >= 11 is 6.28. The minimum atomic E-state index is -0.291. The van der Waals surface area contributed by atoms with E-state index in [1.165, 1.54) is 0 Å². The number of nitrogens with one attached hydrogen (secondary N) is 1. The Morgan fingerprint density at radius 2 is 2.00 bits per heavy atom. The fourth-order valence-corrected chi connectivity index (χ4v) is 4.71. The third-order valence-electron chi connectivity index (χ3n) is 7.03. The summed E-state index contributed by atoms with van der Waals surface area (Å²) < 4.78 is 11.4. The van der Waals surface area contributed by atoms with E-state index < -0.39 is 0 Å². The van der Waals surface area contributed by atoms with Crippen molar-refractivity contribution in [1.29, 1.82) is 0 Å². The van der Waals surface area contributed by atoms with Crippen molar-refractivity contribution in [2.75, 3.05) is 53.5 Å². The number of allylic oxidation sites excluding steroid dienone is 3. The highest BCUT2D eigenvalue weighted by atomic mass is 35.5. The Morgan fingerprint density at radius 3 is 2.66 bits per heavy atom. The van der Waals surface area contributed by atoms with Gasteiger partial charge in [-0.3, -0.25) is 14.6 Å². The van der Waals surface area contributed by atoms with E-state index >= 15 is 0 Å². The zero-order valence-corrected chi connectivity index (χ0v) is 26.1. The van der Waals surface area contributed by atoms with Gasteiger partial charge in [0, 0.05) is 56.6 Å². The number of rotatable bonds is 14. The summed E-state index contributed by atoms with van der Waals surface area (Å²) in [7, 11) is 3.69. The normalized spacial score (nSPS) is 16.0. The fraction of sp³-hybridized carbons (Fsp3) is 0.516. The number of hydrogen-bond acceptors (Lipinski definition) is 7. The SMILES string of the molecule is C=C(OCCN)/C(C)=C(\C)N(C)CCNC(=O)COc1ccc(Cl)cc1C(=O)N1CCCCC1/C(C=C(C)C)=N/C. The van der Waals surface area contributed by atoms with Gasteiger partial charge in [0.05, 0.1) is 17.3 Å². The van der Waals surface area contributed by atoms with Crippen LogP contribution in [0.2, 0.25) is 5.02 Å². The quantitative estimate of drug-likeness (QED) is 0.187. The molecule has 226 valence electrons. The van der Waals surface area contributed by atoms with Crippen molar-refractivity contribution >= 4 is 29.1 Å². The van der Waals surface area contributed by atoms with E-state index in [1.54, 1.807) is 25.2 Å². The number of likely N-dealkylation sites (tertiary alicyclic amines) is 1. The van der Waals surface area contributed by atoms with Gasteiger partial charge in [0.15, 0.2) is 6.61 Å². The molecule has 1 saturated heterocycles. The highest BCUT2D eigenvalue weighted by molar-refractivity contribution is 6.31. The molecule has 0 spiro atoms. The Bertz CT molecular complexity index is 1170. The molecule has 1 heterocycles. The molecule has 1 aromatic carbocycles. The molecule has 1 aromatic rings. The summed E-state index contributed by atoms with van der Waals surface area (Å²) in [6.07, 6.45) is 4.78. The molecular weight excluding hydrogens is 542 g/mol. The van der Waals surface area contributed by atoms with Crippen molar-refractivity contribution in [1.82, 2.24) is 15.1 Å². The summed E-state index contributed by atoms with van der Waals surface area (Å²) in [5.74, 6) is 0.419. The maximum absolute atomic E-state index is 13.8. The van der Waals surface area contributed by atoms with Crippen LogP contribution >= 0.6 is 11.6 Å². The number of nitrogens with two attached hydrogens (primary N) is 1. The van der Waals surface area contributed by atoms with Crippen LogP contribution in [-0.4, -0.2) is 86.9 Å². The Hall–Kier alpha value is -3.30. The predicted octanol–water partition coefficient (Wildman–Crippen LogP) is 4.58. The molecule has 2 amide bonds. The molecule has 2 rings (SSSR count). The van der Waals surface area contributed by atoms with Gasteiger partial charge in [-0.1, -0.05) is 23.8 Å². The van der Waals surface area contributed by atoms with Gasteiger partial charge in [0.2, 0.25) is 0 Å². The van der Waals surface area contributed by atoms with Crippen LogP contribution in [0.3, 0.4) is 0 Å². The van der Waals surface area contributed by atoms with Crippen LogP contribution in [0.5, 0.6) is 5.75 Å². The maximum Gasteiger partial charge on any atom is 0.258 e. The summed E-state index contributed by atoms with van der Waals surface area (Å²) in [6, 6.07) is 4.76. The minimum Gasteiger partial charge on any atom is -0.493 e. The average molecular weight is 588 g/mol. The Kier molecular flexibility index (Phi) is 13.9. The van der Waals surface area contributed by atoms with Crippen LogP contribution in [-0.2, 0) is 9.53 Å². The molecule has 1 aliphatic heterocycles. The molecule has 1 aliphatic rings. The second kappa shape index (κ2) is 16.8. The second-order valence-corrected chi connectivity index (χ2v) is 10.8. The van der Waals surface area contributed by atoms with Gasteiger partial charge in [-0.15, -0.1) is 0 Å². The van der Waals surface area contributed by atoms with Gasteiger partial charge in [-0.05, 0) is 71.2 Å². The first-order valence-corrected chi connectivity index (χ1v) is 14.4. The molecule has 0 aromatic heterocycles. The number of halogens is 1. The molecular formula is C31H46ClN5O4. The summed E-state index contributed by atoms with van der Waals surface area (Å²) in [4.78, 5) is 34.7. The fourth-order valence-electron chi connectivity index (χ4n) is 4.54. The summed E-state index contributed by atoms with van der Waals surface area (Å²) in [5, 5.41) is 3.29. The number of carbonyl (C=O) groups excluding carboxylic acids is 2. The number of hydrogen-bond donors (Lipinski definition) is 2. The lowest BCUT2D eigenvalue weighted by molar-refractivity contribution is -0.123. The first kappa shape index (κ1) is 33.9. The van der Waals surface area contributed by atoms with Crippen molar-refractivity contribution in [2.45, 2.75) is 53.0 Å². The largest absolute Gasteiger partial charge is 0.493 e. The maximum atomic E-state index is 13.8. The molecule has 0 aliphatic carbocycles. The van der Waals surface area contributed by atoms with Crippen LogP contribution < -0.4 is 15.8 Å². The molecule has 0 saturated carbocycles. The van der Waals surface area contributed by atoms with E-state index in [2.05, 4.69) is 16.9 Å². The second-order valence-electron chi connectivity index (χ2n) is 10.4. The monoisotopic (exact) mass is 587 g/mol. The third-order valence-corrected chi connectivity index (χ3v) is 7.26. The van der Waals surface area contributed by atoms with Gasteiger partial charge in [-0.2, -0.15) is 0 Å². The van der Waals surface area contributed by atoms with Crippen molar-refractivity contribution in [3.63, 3.8) is 0 Å². The zero-order valence-electron chi connectivity index (χ0n) is 25.4. The lowest BCUT2D eigenvalue weighted by Crippen LogP contribution is -2.47. The highest BCUT2D eigenvalue weighted by Gasteiger charge is 2.31. The smallest absolute Gasteiger partial charge is 0.258 e. The summed E-state index contributed by atoms with van der Waals surface area (Å²) in [6.45, 7) is 14.1. The minimum absolute atomic E-state index is 0.131. The van der Waals surface area contributed by atoms with Crippen LogP contribution in [0.25, 0.3) is 0 Å². The number of ether oxygens (including phenoxy) is 2. The molecule has 41 heavy (non-hydrogen) atoms. The standard InChI is InChI=1S/C31H46ClN5O4/c1-21(2)18-27(34-6)28-10-8-9-15-37(28)31(39)26-19-25(32)11-12-29(26)41-20-30(38)35-14-16-36(7)23(4)22(3)24(5)40-17-13-33/h11-12,18-19,28H,5,8-10,13-17,20,33H2,1-4,6-7H3,(H,35,38)/b23-22+,34-27+. The zero-order chi connectivity index (χ0) is 30.5. The van der Waals surface area contributed by atoms with E-state index in [-0.39, 0.29) is 24.5 Å². The molecule has 0 bridgehead atoms. The van der Waals surface area contributed by atoms with Crippen LogP contribution in [0, 0.1) is 0 Å². The Balaban J connectivity index is 2.04. The van der Waals surface area contributed by atoms with Gasteiger partial charge in [0.25, 0.3) is 11.8 Å². The van der Waals surface area contributed by atoms with Crippen molar-refractivity contribution in [3.05, 3.63) is 64.0 Å². The number of carbonyl (C=O) groups is 2. The average Bonchev–Trinajstić information content (AvgIpc) is 2.96. The van der Waals surface area contributed by atoms with Crippen molar-refractivity contribution in [2.24, 2.45) is 10.7 Å². The Morgan fingerprint density at radius 1 is 1.27 bits per heavy atom. The lowest BCUT2D eigenvalue weighted by atomic mass is 9.95. The molecule has 0 radical (unpaired) electrons. The van der Waals surface area contributed by atoms with Crippen LogP contribution in [0.1, 0.15) is 57.3 Å². The van der Waals surface area contributed by atoms with E-state index in [4.69, 9.17) is 26.8 Å². The molecule has 10 heteroatoms. The molecule has 1 unspecified atom stereocenters. The van der Waals surface area contributed by atoms with Gasteiger partial charge in [0.1, 0.15) is 18.1 Å². The predicted molar refractivity (Wildman–Crippen MR) is 167 cm³/mol. The van der Waals surface area contributed by atoms with Gasteiger partial charge in [-0.25, -0.2) is 0 Å². The lowest BCUT2D eigenvalue weighted by Gasteiger charge is -2.36. The van der Waals surface area contributed by atoms with Gasteiger partial charge >= 0.3 is 0 Å². The number of likely N-dealkylation sites (N-methyl/N-ethyl adjacent to an activating group) is 1. The molecule has 9 nitrogen and oxygen atoms in total.